The van der Waals surface area contributed by atoms with Crippen LogP contribution in [0, 0.1) is 10.1 Å². The Kier molecular flexibility index (Phi) is 2.24. The van der Waals surface area contributed by atoms with Crippen molar-refractivity contribution >= 4 is 0 Å². The molecule has 0 bridgehead atoms. The van der Waals surface area contributed by atoms with Crippen molar-refractivity contribution in [1.82, 2.24) is 0 Å². The van der Waals surface area contributed by atoms with Crippen LogP contribution in [0.4, 0.5) is 0 Å². The number of nitrogens with two attached hydrogens (primary N) is 1. The van der Waals surface area contributed by atoms with Gasteiger partial charge in [-0.1, -0.05) is 0 Å². The first kappa shape index (κ1) is 6.32. The smallest absolute Gasteiger partial charge is 0.242 e. The summed E-state index contributed by atoms with van der Waals surface area (Å²) in [5.41, 5.74) is 4.61. The molecule has 0 aliphatic rings. The third-order valence-electron chi connectivity index (χ3n) is 0.336. The van der Waals surface area contributed by atoms with Crippen molar-refractivity contribution in [2.45, 2.75) is 6.23 Å². The molecule has 0 radical (unpaired) electrons. The molecule has 1 atom stereocenters. The molecule has 0 amide bonds. The van der Waals surface area contributed by atoms with Crippen molar-refractivity contribution in [2.24, 2.45) is 5.73 Å². The standard InChI is InChI=1S/C2H6N2O3/c3-2(5)1-4(6)7/h2,5H,1,3H2/t2-/m1/s1. The van der Waals surface area contributed by atoms with Crippen LogP contribution in [0.15, 0.2) is 0 Å². The van der Waals surface area contributed by atoms with E-state index in [4.69, 9.17) is 5.11 Å². The lowest BCUT2D eigenvalue weighted by Gasteiger charge is -1.92. The third-order valence-corrected chi connectivity index (χ3v) is 0.336. The predicted molar refractivity (Wildman–Crippen MR) is 22.1 cm³/mol. The van der Waals surface area contributed by atoms with E-state index in [9.17, 15) is 10.1 Å². The predicted octanol–water partition coefficient (Wildman–Crippen LogP) is -1.46. The first-order chi connectivity index (χ1) is 3.13. The summed E-state index contributed by atoms with van der Waals surface area (Å²) in [6, 6.07) is 0. The highest BCUT2D eigenvalue weighted by atomic mass is 16.6. The average Bonchev–Trinajstić information content (AvgIpc) is 1.27. The minimum Gasteiger partial charge on any atom is -0.372 e. The summed E-state index contributed by atoms with van der Waals surface area (Å²) in [6.07, 6.45) is -1.32. The highest BCUT2D eigenvalue weighted by Gasteiger charge is 2.01. The molecule has 0 aromatic heterocycles. The first-order valence-corrected chi connectivity index (χ1v) is 1.68. The highest BCUT2D eigenvalue weighted by molar-refractivity contribution is 4.34. The molecule has 0 saturated heterocycles. The van der Waals surface area contributed by atoms with E-state index in [1.54, 1.807) is 0 Å². The van der Waals surface area contributed by atoms with Gasteiger partial charge in [0.2, 0.25) is 6.54 Å². The molecule has 7 heavy (non-hydrogen) atoms. The number of rotatable bonds is 2. The molecule has 42 valence electrons. The normalized spacial score (nSPS) is 13.4. The molecule has 5 heteroatoms. The van der Waals surface area contributed by atoms with Crippen LogP contribution >= 0.6 is 0 Å². The van der Waals surface area contributed by atoms with E-state index in [1.807, 2.05) is 0 Å². The maximum Gasteiger partial charge on any atom is 0.242 e. The van der Waals surface area contributed by atoms with Gasteiger partial charge in [0.15, 0.2) is 6.23 Å². The molecule has 0 aliphatic heterocycles. The second kappa shape index (κ2) is 2.49. The van der Waals surface area contributed by atoms with E-state index in [1.165, 1.54) is 0 Å². The van der Waals surface area contributed by atoms with E-state index in [2.05, 4.69) is 5.73 Å². The minimum absolute atomic E-state index is 0.583. The van der Waals surface area contributed by atoms with Crippen LogP contribution in [0.5, 0.6) is 0 Å². The fourth-order valence-corrected chi connectivity index (χ4v) is 0.153. The zero-order chi connectivity index (χ0) is 5.86. The molecular weight excluding hydrogens is 100 g/mol. The van der Waals surface area contributed by atoms with Gasteiger partial charge < -0.3 is 10.8 Å². The Hall–Kier alpha value is -0.680. The van der Waals surface area contributed by atoms with Crippen LogP contribution in [-0.4, -0.2) is 22.8 Å². The van der Waals surface area contributed by atoms with Crippen molar-refractivity contribution in [3.05, 3.63) is 10.1 Å². The molecule has 0 aromatic rings. The van der Waals surface area contributed by atoms with E-state index in [0.29, 0.717) is 0 Å². The van der Waals surface area contributed by atoms with Gasteiger partial charge in [0, 0.05) is 4.92 Å². The largest absolute Gasteiger partial charge is 0.372 e. The summed E-state index contributed by atoms with van der Waals surface area (Å²) in [6.45, 7) is -0.583. The van der Waals surface area contributed by atoms with Gasteiger partial charge in [0.25, 0.3) is 0 Å². The van der Waals surface area contributed by atoms with Crippen LogP contribution in [-0.2, 0) is 0 Å². The number of aliphatic hydroxyl groups is 1. The van der Waals surface area contributed by atoms with Gasteiger partial charge in [0.05, 0.1) is 0 Å². The molecule has 0 aromatic carbocycles. The summed E-state index contributed by atoms with van der Waals surface area (Å²) >= 11 is 0. The molecule has 0 saturated carbocycles. The van der Waals surface area contributed by atoms with E-state index < -0.39 is 17.7 Å². The molecule has 0 spiro atoms. The molecule has 0 aliphatic carbocycles. The first-order valence-electron chi connectivity index (χ1n) is 1.68. The Morgan fingerprint density at radius 3 is 2.43 bits per heavy atom. The van der Waals surface area contributed by atoms with Crippen molar-refractivity contribution in [1.29, 1.82) is 0 Å². The fraction of sp³-hybridized carbons (Fsp3) is 1.00. The Balaban J connectivity index is 3.13. The second-order valence-electron chi connectivity index (χ2n) is 1.08. The Labute approximate surface area is 39.9 Å². The zero-order valence-electron chi connectivity index (χ0n) is 3.57. The lowest BCUT2D eigenvalue weighted by atomic mass is 10.6. The van der Waals surface area contributed by atoms with Crippen molar-refractivity contribution in [3.63, 3.8) is 0 Å². The molecule has 0 heterocycles. The van der Waals surface area contributed by atoms with Crippen molar-refractivity contribution in [3.8, 4) is 0 Å². The SMILES string of the molecule is N[C@H](O)C[N+](=O)[O-]. The highest BCUT2D eigenvalue weighted by Crippen LogP contribution is 1.69. The van der Waals surface area contributed by atoms with Gasteiger partial charge in [-0.05, 0) is 0 Å². The third kappa shape index (κ3) is 5.32. The number of hydrogen-bond donors (Lipinski definition) is 2. The van der Waals surface area contributed by atoms with Crippen molar-refractivity contribution < 1.29 is 10.0 Å². The monoisotopic (exact) mass is 106 g/mol. The quantitative estimate of drug-likeness (QED) is 0.256. The molecule has 0 fully saturated rings. The topological polar surface area (TPSA) is 89.4 Å². The van der Waals surface area contributed by atoms with Gasteiger partial charge in [-0.2, -0.15) is 0 Å². The minimum atomic E-state index is -1.32. The Morgan fingerprint density at radius 1 is 2.00 bits per heavy atom. The summed E-state index contributed by atoms with van der Waals surface area (Å²) < 4.78 is 0. The van der Waals surface area contributed by atoms with Crippen molar-refractivity contribution in [2.75, 3.05) is 6.54 Å². The summed E-state index contributed by atoms with van der Waals surface area (Å²) in [4.78, 5) is 8.70. The molecule has 5 nitrogen and oxygen atoms in total. The van der Waals surface area contributed by atoms with Crippen LogP contribution < -0.4 is 5.73 Å². The van der Waals surface area contributed by atoms with Gasteiger partial charge in [-0.15, -0.1) is 0 Å². The average molecular weight is 106 g/mol. The van der Waals surface area contributed by atoms with Gasteiger partial charge in [-0.25, -0.2) is 0 Å². The Morgan fingerprint density at radius 2 is 2.43 bits per heavy atom. The lowest BCUT2D eigenvalue weighted by molar-refractivity contribution is -0.490. The van der Waals surface area contributed by atoms with Gasteiger partial charge >= 0.3 is 0 Å². The van der Waals surface area contributed by atoms with E-state index >= 15 is 0 Å². The lowest BCUT2D eigenvalue weighted by Crippen LogP contribution is -2.27. The number of aliphatic hydroxyl groups excluding tert-OH is 1. The molecule has 0 unspecified atom stereocenters. The zero-order valence-corrected chi connectivity index (χ0v) is 3.57. The van der Waals surface area contributed by atoms with Crippen LogP contribution in [0.3, 0.4) is 0 Å². The molecular formula is C2H6N2O3. The molecule has 0 rings (SSSR count). The summed E-state index contributed by atoms with van der Waals surface area (Å²) in [5.74, 6) is 0. The number of hydrogen-bond acceptors (Lipinski definition) is 4. The van der Waals surface area contributed by atoms with Crippen LogP contribution in [0.1, 0.15) is 0 Å². The second-order valence-corrected chi connectivity index (χ2v) is 1.08. The van der Waals surface area contributed by atoms with Crippen LogP contribution in [0.25, 0.3) is 0 Å². The van der Waals surface area contributed by atoms with Gasteiger partial charge in [0.1, 0.15) is 0 Å². The van der Waals surface area contributed by atoms with Gasteiger partial charge in [-0.3, -0.25) is 10.1 Å². The number of nitro groups is 1. The maximum atomic E-state index is 9.38. The van der Waals surface area contributed by atoms with E-state index in [0.717, 1.165) is 0 Å². The Bertz CT molecular complexity index is 71.3. The fourth-order valence-electron chi connectivity index (χ4n) is 0.153. The number of nitrogens with zero attached hydrogens (tertiary/aromatic N) is 1. The van der Waals surface area contributed by atoms with E-state index in [-0.39, 0.29) is 0 Å². The van der Waals surface area contributed by atoms with Crippen LogP contribution in [0.2, 0.25) is 0 Å². The maximum absolute atomic E-state index is 9.38. The molecule has 3 N–H and O–H groups in total. The summed E-state index contributed by atoms with van der Waals surface area (Å²) in [5, 5.41) is 17.4. The summed E-state index contributed by atoms with van der Waals surface area (Å²) in [7, 11) is 0.